The van der Waals surface area contributed by atoms with E-state index in [0.29, 0.717) is 36.2 Å². The molecule has 192 valence electrons. The Bertz CT molecular complexity index is 1330. The van der Waals surface area contributed by atoms with E-state index in [4.69, 9.17) is 18.6 Å². The van der Waals surface area contributed by atoms with Crippen molar-refractivity contribution < 1.29 is 28.5 Å². The standard InChI is InChI=1S/C30H31NO6/c1-4-14-34-17-23-15-20(2)28(30(32)33)27(16-23)36-18-22-10-12-25(13-11-22)35-19-26-21(3)37-29(31-26)24-8-6-5-7-9-24/h5-13,15-16H,4,14,17-19H2,1-3H3,(H,32,33). The van der Waals surface area contributed by atoms with Crippen molar-refractivity contribution >= 4 is 5.97 Å². The fraction of sp³-hybridized carbons (Fsp3) is 0.267. The third-order valence-corrected chi connectivity index (χ3v) is 5.80. The topological polar surface area (TPSA) is 91.0 Å². The van der Waals surface area contributed by atoms with Gasteiger partial charge < -0.3 is 23.7 Å². The summed E-state index contributed by atoms with van der Waals surface area (Å²) in [6.45, 7) is 7.25. The van der Waals surface area contributed by atoms with Crippen LogP contribution in [0.2, 0.25) is 0 Å². The van der Waals surface area contributed by atoms with Crippen molar-refractivity contribution in [1.29, 1.82) is 0 Å². The van der Waals surface area contributed by atoms with E-state index in [2.05, 4.69) is 4.98 Å². The molecular formula is C30H31NO6. The molecule has 0 radical (unpaired) electrons. The van der Waals surface area contributed by atoms with Gasteiger partial charge in [-0.3, -0.25) is 0 Å². The summed E-state index contributed by atoms with van der Waals surface area (Å²) in [5, 5.41) is 9.68. The first kappa shape index (κ1) is 26.0. The minimum absolute atomic E-state index is 0.164. The molecule has 0 aliphatic rings. The number of carbonyl (C=O) groups is 1. The Morgan fingerprint density at radius 3 is 2.38 bits per heavy atom. The predicted octanol–water partition coefficient (Wildman–Crippen LogP) is 6.74. The number of rotatable bonds is 12. The highest BCUT2D eigenvalue weighted by Crippen LogP contribution is 2.27. The summed E-state index contributed by atoms with van der Waals surface area (Å²) in [7, 11) is 0. The third-order valence-electron chi connectivity index (χ3n) is 5.80. The van der Waals surface area contributed by atoms with Crippen molar-refractivity contribution in [3.8, 4) is 23.0 Å². The van der Waals surface area contributed by atoms with Crippen molar-refractivity contribution in [3.63, 3.8) is 0 Å². The lowest BCUT2D eigenvalue weighted by molar-refractivity contribution is 0.0690. The van der Waals surface area contributed by atoms with E-state index in [0.717, 1.165) is 34.6 Å². The van der Waals surface area contributed by atoms with Crippen molar-refractivity contribution in [2.45, 2.75) is 47.0 Å². The Balaban J connectivity index is 1.38. The van der Waals surface area contributed by atoms with E-state index >= 15 is 0 Å². The lowest BCUT2D eigenvalue weighted by Crippen LogP contribution is -2.07. The van der Waals surface area contributed by atoms with Gasteiger partial charge in [0.15, 0.2) is 0 Å². The molecule has 4 rings (SSSR count). The van der Waals surface area contributed by atoms with Crippen LogP contribution in [0.4, 0.5) is 0 Å². The Morgan fingerprint density at radius 1 is 0.919 bits per heavy atom. The average molecular weight is 502 g/mol. The molecule has 0 spiro atoms. The van der Waals surface area contributed by atoms with E-state index < -0.39 is 5.97 Å². The zero-order chi connectivity index (χ0) is 26.2. The van der Waals surface area contributed by atoms with Crippen LogP contribution in [0.5, 0.6) is 11.5 Å². The highest BCUT2D eigenvalue weighted by molar-refractivity contribution is 5.92. The SMILES string of the molecule is CCCOCc1cc(C)c(C(=O)O)c(OCc2ccc(OCc3nc(-c4ccccc4)oc3C)cc2)c1. The third kappa shape index (κ3) is 6.77. The van der Waals surface area contributed by atoms with Crippen LogP contribution < -0.4 is 9.47 Å². The maximum atomic E-state index is 11.8. The quantitative estimate of drug-likeness (QED) is 0.215. The van der Waals surface area contributed by atoms with E-state index in [1.54, 1.807) is 13.0 Å². The minimum Gasteiger partial charge on any atom is -0.488 e. The molecule has 4 aromatic rings. The van der Waals surface area contributed by atoms with Gasteiger partial charge in [0.05, 0.1) is 6.61 Å². The second-order valence-electron chi connectivity index (χ2n) is 8.75. The highest BCUT2D eigenvalue weighted by atomic mass is 16.5. The molecule has 0 bridgehead atoms. The van der Waals surface area contributed by atoms with Gasteiger partial charge in [-0.2, -0.15) is 0 Å². The zero-order valence-electron chi connectivity index (χ0n) is 21.3. The van der Waals surface area contributed by atoms with Gasteiger partial charge in [-0.15, -0.1) is 0 Å². The lowest BCUT2D eigenvalue weighted by atomic mass is 10.0. The van der Waals surface area contributed by atoms with Crippen molar-refractivity contribution in [2.75, 3.05) is 6.61 Å². The smallest absolute Gasteiger partial charge is 0.339 e. The van der Waals surface area contributed by atoms with Gasteiger partial charge in [0.25, 0.3) is 0 Å². The van der Waals surface area contributed by atoms with Gasteiger partial charge >= 0.3 is 5.97 Å². The Kier molecular flexibility index (Phi) is 8.59. The first-order chi connectivity index (χ1) is 17.9. The fourth-order valence-corrected chi connectivity index (χ4v) is 3.89. The molecule has 3 aromatic carbocycles. The molecule has 0 atom stereocenters. The molecule has 0 amide bonds. The van der Waals surface area contributed by atoms with Crippen LogP contribution in [-0.4, -0.2) is 22.7 Å². The van der Waals surface area contributed by atoms with Crippen molar-refractivity contribution in [1.82, 2.24) is 4.98 Å². The number of aromatic nitrogens is 1. The van der Waals surface area contributed by atoms with Crippen LogP contribution in [0.1, 0.15) is 51.8 Å². The molecule has 0 aliphatic carbocycles. The van der Waals surface area contributed by atoms with Crippen molar-refractivity contribution in [2.24, 2.45) is 0 Å². The number of hydrogen-bond donors (Lipinski definition) is 1. The van der Waals surface area contributed by atoms with Crippen LogP contribution in [0.15, 0.2) is 71.1 Å². The Hall–Kier alpha value is -4.10. The van der Waals surface area contributed by atoms with Gasteiger partial charge in [0, 0.05) is 12.2 Å². The first-order valence-electron chi connectivity index (χ1n) is 12.3. The largest absolute Gasteiger partial charge is 0.488 e. The van der Waals surface area contributed by atoms with Crippen LogP contribution in [0.3, 0.4) is 0 Å². The van der Waals surface area contributed by atoms with Gasteiger partial charge in [0.2, 0.25) is 5.89 Å². The molecule has 0 saturated carbocycles. The summed E-state index contributed by atoms with van der Waals surface area (Å²) in [6.07, 6.45) is 0.919. The molecule has 1 heterocycles. The number of ether oxygens (including phenoxy) is 3. The molecule has 0 unspecified atom stereocenters. The molecule has 1 N–H and O–H groups in total. The summed E-state index contributed by atoms with van der Waals surface area (Å²) in [6, 6.07) is 20.8. The van der Waals surface area contributed by atoms with Crippen molar-refractivity contribution in [3.05, 3.63) is 100 Å². The second kappa shape index (κ2) is 12.2. The Labute approximate surface area is 216 Å². The normalized spacial score (nSPS) is 10.9. The summed E-state index contributed by atoms with van der Waals surface area (Å²) < 4.78 is 23.3. The summed E-state index contributed by atoms with van der Waals surface area (Å²) in [4.78, 5) is 16.4. The van der Waals surface area contributed by atoms with Gasteiger partial charge in [-0.25, -0.2) is 9.78 Å². The van der Waals surface area contributed by atoms with E-state index in [1.165, 1.54) is 0 Å². The summed E-state index contributed by atoms with van der Waals surface area (Å²) >= 11 is 0. The Morgan fingerprint density at radius 2 is 1.68 bits per heavy atom. The summed E-state index contributed by atoms with van der Waals surface area (Å²) in [5.41, 5.74) is 4.23. The first-order valence-corrected chi connectivity index (χ1v) is 12.3. The van der Waals surface area contributed by atoms with E-state index in [1.807, 2.05) is 74.5 Å². The predicted molar refractivity (Wildman–Crippen MR) is 140 cm³/mol. The average Bonchev–Trinajstić information content (AvgIpc) is 3.27. The molecule has 7 nitrogen and oxygen atoms in total. The molecule has 7 heteroatoms. The fourth-order valence-electron chi connectivity index (χ4n) is 3.89. The van der Waals surface area contributed by atoms with Gasteiger partial charge in [0.1, 0.15) is 41.7 Å². The number of benzene rings is 3. The molecule has 0 saturated heterocycles. The number of carboxylic acid groups (broad SMARTS) is 1. The maximum absolute atomic E-state index is 11.8. The zero-order valence-corrected chi connectivity index (χ0v) is 21.3. The van der Waals surface area contributed by atoms with Crippen LogP contribution in [0, 0.1) is 13.8 Å². The molecule has 37 heavy (non-hydrogen) atoms. The van der Waals surface area contributed by atoms with Crippen LogP contribution >= 0.6 is 0 Å². The summed E-state index contributed by atoms with van der Waals surface area (Å²) in [5.74, 6) is 1.29. The van der Waals surface area contributed by atoms with Gasteiger partial charge in [-0.1, -0.05) is 43.3 Å². The molecular weight excluding hydrogens is 470 g/mol. The van der Waals surface area contributed by atoms with Crippen LogP contribution in [-0.2, 0) is 24.6 Å². The molecule has 1 aromatic heterocycles. The highest BCUT2D eigenvalue weighted by Gasteiger charge is 2.17. The number of oxazole rings is 1. The number of hydrogen-bond acceptors (Lipinski definition) is 6. The number of carboxylic acids is 1. The lowest BCUT2D eigenvalue weighted by Gasteiger charge is -2.14. The van der Waals surface area contributed by atoms with Gasteiger partial charge in [-0.05, 0) is 67.3 Å². The van der Waals surface area contributed by atoms with E-state index in [-0.39, 0.29) is 18.8 Å². The number of aryl methyl sites for hydroxylation is 2. The van der Waals surface area contributed by atoms with Crippen LogP contribution in [0.25, 0.3) is 11.5 Å². The van der Waals surface area contributed by atoms with E-state index in [9.17, 15) is 9.90 Å². The molecule has 0 fully saturated rings. The molecule has 0 aliphatic heterocycles. The number of nitrogens with zero attached hydrogens (tertiary/aromatic N) is 1. The monoisotopic (exact) mass is 501 g/mol. The maximum Gasteiger partial charge on any atom is 0.339 e. The number of aromatic carboxylic acids is 1. The second-order valence-corrected chi connectivity index (χ2v) is 8.75. The minimum atomic E-state index is -1.02.